The lowest BCUT2D eigenvalue weighted by Gasteiger charge is -2.19. The number of nitrogens with one attached hydrogen (secondary N) is 2. The van der Waals surface area contributed by atoms with Crippen molar-refractivity contribution in [3.8, 4) is 0 Å². The van der Waals surface area contributed by atoms with Crippen LogP contribution in [0.4, 0.5) is 0 Å². The number of aromatic amines is 1. The van der Waals surface area contributed by atoms with E-state index in [9.17, 15) is 9.59 Å². The number of carbonyl (C=O) groups excluding carboxylic acids is 2. The summed E-state index contributed by atoms with van der Waals surface area (Å²) in [6.45, 7) is 0.461. The van der Waals surface area contributed by atoms with Crippen molar-refractivity contribution in [2.75, 3.05) is 13.6 Å². The predicted octanol–water partition coefficient (Wildman–Crippen LogP) is 2.44. The van der Waals surface area contributed by atoms with Crippen molar-refractivity contribution in [1.29, 1.82) is 0 Å². The molecule has 1 fully saturated rings. The Bertz CT molecular complexity index is 933. The second-order valence-corrected chi connectivity index (χ2v) is 7.07. The Kier molecular flexibility index (Phi) is 4.62. The minimum atomic E-state index is -0.315. The molecule has 2 N–H and O–H groups in total. The van der Waals surface area contributed by atoms with Gasteiger partial charge in [0.05, 0.1) is 23.0 Å². The van der Waals surface area contributed by atoms with Gasteiger partial charge in [-0.2, -0.15) is 0 Å². The molecule has 2 heterocycles. The van der Waals surface area contributed by atoms with E-state index in [4.69, 9.17) is 0 Å². The standard InChI is InChI=1S/C21H22N4O2/c1-25-13-15(12-19(25)26)21(27)24-18(11-14-7-3-2-4-8-14)20-22-16-9-5-6-10-17(16)23-20/h2-10,15,18H,11-13H2,1H3,(H,22,23)(H,24,27)/t15?,18-/m0/s1. The van der Waals surface area contributed by atoms with Gasteiger partial charge >= 0.3 is 0 Å². The molecule has 2 aromatic carbocycles. The first-order valence-corrected chi connectivity index (χ1v) is 9.13. The number of hydrogen-bond acceptors (Lipinski definition) is 3. The molecule has 6 heteroatoms. The molecule has 1 saturated heterocycles. The molecule has 1 aliphatic rings. The number of nitrogens with zero attached hydrogens (tertiary/aromatic N) is 2. The van der Waals surface area contributed by atoms with Gasteiger partial charge in [-0.15, -0.1) is 0 Å². The van der Waals surface area contributed by atoms with Crippen molar-refractivity contribution >= 4 is 22.8 Å². The summed E-state index contributed by atoms with van der Waals surface area (Å²) in [4.78, 5) is 34.2. The van der Waals surface area contributed by atoms with Crippen LogP contribution in [0.1, 0.15) is 23.9 Å². The molecule has 0 aliphatic carbocycles. The van der Waals surface area contributed by atoms with E-state index in [2.05, 4.69) is 15.3 Å². The first-order chi connectivity index (χ1) is 13.1. The Morgan fingerprint density at radius 2 is 1.96 bits per heavy atom. The molecule has 3 aromatic rings. The second-order valence-electron chi connectivity index (χ2n) is 7.07. The molecule has 2 amide bonds. The van der Waals surface area contributed by atoms with Gasteiger partial charge in [-0.1, -0.05) is 42.5 Å². The van der Waals surface area contributed by atoms with Crippen LogP contribution in [0.2, 0.25) is 0 Å². The molecule has 2 atom stereocenters. The smallest absolute Gasteiger partial charge is 0.226 e. The third-order valence-electron chi connectivity index (χ3n) is 5.05. The summed E-state index contributed by atoms with van der Waals surface area (Å²) in [5.74, 6) is 0.323. The van der Waals surface area contributed by atoms with Crippen LogP contribution < -0.4 is 5.32 Å². The maximum atomic E-state index is 12.8. The molecule has 0 spiro atoms. The molecular weight excluding hydrogens is 340 g/mol. The van der Waals surface area contributed by atoms with E-state index in [0.29, 0.717) is 13.0 Å². The zero-order valence-electron chi connectivity index (χ0n) is 15.2. The van der Waals surface area contributed by atoms with Gasteiger partial charge in [0.25, 0.3) is 0 Å². The van der Waals surface area contributed by atoms with Crippen LogP contribution >= 0.6 is 0 Å². The molecule has 138 valence electrons. The topological polar surface area (TPSA) is 78.1 Å². The van der Waals surface area contributed by atoms with Gasteiger partial charge in [0.1, 0.15) is 5.82 Å². The predicted molar refractivity (Wildman–Crippen MR) is 103 cm³/mol. The highest BCUT2D eigenvalue weighted by Crippen LogP contribution is 2.22. The number of rotatable bonds is 5. The molecule has 4 rings (SSSR count). The number of likely N-dealkylation sites (tertiary alicyclic amines) is 1. The summed E-state index contributed by atoms with van der Waals surface area (Å²) >= 11 is 0. The third-order valence-corrected chi connectivity index (χ3v) is 5.05. The van der Waals surface area contributed by atoms with Crippen molar-refractivity contribution in [2.45, 2.75) is 18.9 Å². The highest BCUT2D eigenvalue weighted by molar-refractivity contribution is 5.89. The molecule has 0 radical (unpaired) electrons. The summed E-state index contributed by atoms with van der Waals surface area (Å²) in [6.07, 6.45) is 0.892. The maximum Gasteiger partial charge on any atom is 0.226 e. The van der Waals surface area contributed by atoms with Gasteiger partial charge in [-0.3, -0.25) is 9.59 Å². The quantitative estimate of drug-likeness (QED) is 0.732. The first-order valence-electron chi connectivity index (χ1n) is 9.13. The molecule has 1 aliphatic heterocycles. The largest absolute Gasteiger partial charge is 0.346 e. The lowest BCUT2D eigenvalue weighted by molar-refractivity contribution is -0.128. The summed E-state index contributed by atoms with van der Waals surface area (Å²) in [5, 5.41) is 3.11. The monoisotopic (exact) mass is 362 g/mol. The SMILES string of the molecule is CN1CC(C(=O)N[C@@H](Cc2ccccc2)c2nc3ccccc3[nH]2)CC1=O. The van der Waals surface area contributed by atoms with Crippen molar-refractivity contribution < 1.29 is 9.59 Å². The van der Waals surface area contributed by atoms with Gasteiger partial charge in [0.15, 0.2) is 0 Å². The summed E-state index contributed by atoms with van der Waals surface area (Å²) in [7, 11) is 1.73. The number of imidazole rings is 1. The number of hydrogen-bond donors (Lipinski definition) is 2. The van der Waals surface area contributed by atoms with Crippen LogP contribution in [0, 0.1) is 5.92 Å². The molecular formula is C21H22N4O2. The Morgan fingerprint density at radius 1 is 1.22 bits per heavy atom. The molecule has 0 bridgehead atoms. The number of amides is 2. The van der Waals surface area contributed by atoms with E-state index in [0.717, 1.165) is 22.4 Å². The lowest BCUT2D eigenvalue weighted by atomic mass is 10.0. The zero-order valence-corrected chi connectivity index (χ0v) is 15.2. The van der Waals surface area contributed by atoms with Gasteiger partial charge in [0, 0.05) is 20.0 Å². The normalized spacial score (nSPS) is 18.0. The summed E-state index contributed by atoms with van der Waals surface area (Å²) < 4.78 is 0. The van der Waals surface area contributed by atoms with Crippen LogP contribution in [-0.2, 0) is 16.0 Å². The Hall–Kier alpha value is -3.15. The van der Waals surface area contributed by atoms with E-state index < -0.39 is 0 Å². The van der Waals surface area contributed by atoms with Gasteiger partial charge in [-0.05, 0) is 24.1 Å². The lowest BCUT2D eigenvalue weighted by Crippen LogP contribution is -2.36. The van der Waals surface area contributed by atoms with Crippen LogP contribution in [0.3, 0.4) is 0 Å². The van der Waals surface area contributed by atoms with Gasteiger partial charge < -0.3 is 15.2 Å². The first kappa shape index (κ1) is 17.3. The fourth-order valence-corrected chi connectivity index (χ4v) is 3.53. The number of para-hydroxylation sites is 2. The van der Waals surface area contributed by atoms with Crippen molar-refractivity contribution in [3.05, 3.63) is 66.0 Å². The Labute approximate surface area is 157 Å². The molecule has 1 unspecified atom stereocenters. The number of aromatic nitrogens is 2. The highest BCUT2D eigenvalue weighted by atomic mass is 16.2. The molecule has 0 saturated carbocycles. The average Bonchev–Trinajstić information content (AvgIpc) is 3.25. The van der Waals surface area contributed by atoms with E-state index >= 15 is 0 Å². The molecule has 6 nitrogen and oxygen atoms in total. The Morgan fingerprint density at radius 3 is 2.67 bits per heavy atom. The van der Waals surface area contributed by atoms with Gasteiger partial charge in [0.2, 0.25) is 11.8 Å². The number of carbonyl (C=O) groups is 2. The van der Waals surface area contributed by atoms with E-state index in [1.165, 1.54) is 0 Å². The molecule has 27 heavy (non-hydrogen) atoms. The fourth-order valence-electron chi connectivity index (χ4n) is 3.53. The second kappa shape index (κ2) is 7.23. The van der Waals surface area contributed by atoms with Crippen LogP contribution in [-0.4, -0.2) is 40.3 Å². The Balaban J connectivity index is 1.59. The minimum absolute atomic E-state index is 0.0125. The van der Waals surface area contributed by atoms with E-state index in [-0.39, 0.29) is 30.2 Å². The highest BCUT2D eigenvalue weighted by Gasteiger charge is 2.33. The van der Waals surface area contributed by atoms with E-state index in [1.807, 2.05) is 54.6 Å². The van der Waals surface area contributed by atoms with E-state index in [1.54, 1.807) is 11.9 Å². The zero-order chi connectivity index (χ0) is 18.8. The third kappa shape index (κ3) is 3.69. The summed E-state index contributed by atoms with van der Waals surface area (Å²) in [5.41, 5.74) is 2.93. The van der Waals surface area contributed by atoms with Crippen molar-refractivity contribution in [1.82, 2.24) is 20.2 Å². The average molecular weight is 362 g/mol. The van der Waals surface area contributed by atoms with Crippen molar-refractivity contribution in [2.24, 2.45) is 5.92 Å². The summed E-state index contributed by atoms with van der Waals surface area (Å²) in [6, 6.07) is 17.5. The number of benzene rings is 2. The maximum absolute atomic E-state index is 12.8. The fraction of sp³-hybridized carbons (Fsp3) is 0.286. The van der Waals surface area contributed by atoms with Crippen molar-refractivity contribution in [3.63, 3.8) is 0 Å². The number of H-pyrrole nitrogens is 1. The molecule has 1 aromatic heterocycles. The number of fused-ring (bicyclic) bond motifs is 1. The van der Waals surface area contributed by atoms with Crippen LogP contribution in [0.5, 0.6) is 0 Å². The minimum Gasteiger partial charge on any atom is -0.346 e. The van der Waals surface area contributed by atoms with Crippen LogP contribution in [0.15, 0.2) is 54.6 Å². The van der Waals surface area contributed by atoms with Gasteiger partial charge in [-0.25, -0.2) is 4.98 Å². The van der Waals surface area contributed by atoms with Crippen LogP contribution in [0.25, 0.3) is 11.0 Å².